The summed E-state index contributed by atoms with van der Waals surface area (Å²) in [7, 11) is -4.63. The maximum atomic E-state index is 12.5. The van der Waals surface area contributed by atoms with E-state index < -0.39 is 51.8 Å². The van der Waals surface area contributed by atoms with Crippen LogP contribution in [0.5, 0.6) is 0 Å². The van der Waals surface area contributed by atoms with Crippen molar-refractivity contribution in [2.75, 3.05) is 26.4 Å². The molecule has 3 atom stereocenters. The number of ether oxygens (including phenoxy) is 2. The Balaban J connectivity index is 4.58. The Bertz CT molecular complexity index is 973. The summed E-state index contributed by atoms with van der Waals surface area (Å²) >= 11 is 0. The van der Waals surface area contributed by atoms with Crippen molar-refractivity contribution in [3.05, 3.63) is 60.8 Å². The molecular weight excluding hydrogens is 623 g/mol. The van der Waals surface area contributed by atoms with Crippen LogP contribution in [0.25, 0.3) is 0 Å². The number of carbonyl (C=O) groups excluding carboxylic acids is 2. The SMILES string of the molecule is CC/C=C/C=C/C=C/C=C/C=C/CCCC(=O)OC(COC(=O)CCCCCCCCCCCCC)COP(=O)(O)OC[C@@H](O)CO. The van der Waals surface area contributed by atoms with Gasteiger partial charge in [0.1, 0.15) is 12.7 Å². The lowest BCUT2D eigenvalue weighted by molar-refractivity contribution is -0.161. The average Bonchev–Trinajstić information content (AvgIpc) is 3.05. The number of esters is 2. The molecular formula is C36H61O10P. The van der Waals surface area contributed by atoms with Gasteiger partial charge in [-0.05, 0) is 25.7 Å². The van der Waals surface area contributed by atoms with E-state index in [1.165, 1.54) is 44.9 Å². The molecule has 0 aromatic carbocycles. The standard InChI is InChI=1S/C36H61O10P/c1-3-5-7-9-11-13-15-16-18-20-22-24-26-28-36(40)46-34(32-45-47(41,42)44-30-33(38)29-37)31-43-35(39)27-25-23-21-19-17-14-12-10-8-6-4-2/h5,7,9,11,13,15-16,18,20,22,33-34,37-38H,3-4,6,8,10,12,14,17,19,21,23-32H2,1-2H3,(H,41,42)/b7-5+,11-9+,15-13+,18-16+,22-20+/t33-,34?/m0/s1. The minimum atomic E-state index is -4.63. The van der Waals surface area contributed by atoms with E-state index in [4.69, 9.17) is 19.1 Å². The van der Waals surface area contributed by atoms with Crippen molar-refractivity contribution in [2.45, 2.75) is 129 Å². The zero-order valence-corrected chi connectivity index (χ0v) is 29.6. The second-order valence-electron chi connectivity index (χ2n) is 11.3. The maximum absolute atomic E-state index is 12.5. The first-order valence-electron chi connectivity index (χ1n) is 17.3. The van der Waals surface area contributed by atoms with Gasteiger partial charge in [-0.15, -0.1) is 0 Å². The van der Waals surface area contributed by atoms with Gasteiger partial charge in [0.25, 0.3) is 0 Å². The fourth-order valence-electron chi connectivity index (χ4n) is 4.14. The van der Waals surface area contributed by atoms with E-state index in [1.54, 1.807) is 0 Å². The highest BCUT2D eigenvalue weighted by Crippen LogP contribution is 2.43. The number of hydrogen-bond donors (Lipinski definition) is 3. The number of aliphatic hydroxyl groups is 2. The number of phosphoric ester groups is 1. The average molecular weight is 685 g/mol. The lowest BCUT2D eigenvalue weighted by atomic mass is 10.1. The van der Waals surface area contributed by atoms with Crippen LogP contribution in [0.4, 0.5) is 0 Å². The number of carbonyl (C=O) groups is 2. The molecule has 0 aliphatic rings. The molecule has 0 spiro atoms. The van der Waals surface area contributed by atoms with Crippen LogP contribution in [0, 0.1) is 0 Å². The number of hydrogen-bond acceptors (Lipinski definition) is 9. The quantitative estimate of drug-likeness (QED) is 0.0284. The number of rotatable bonds is 31. The molecule has 0 amide bonds. The third-order valence-electron chi connectivity index (χ3n) is 6.81. The zero-order valence-electron chi connectivity index (χ0n) is 28.7. The second kappa shape index (κ2) is 32.2. The summed E-state index contributed by atoms with van der Waals surface area (Å²) in [6.45, 7) is 2.10. The highest BCUT2D eigenvalue weighted by molar-refractivity contribution is 7.47. The molecule has 0 radical (unpaired) electrons. The van der Waals surface area contributed by atoms with Gasteiger partial charge in [-0.25, -0.2) is 4.57 Å². The van der Waals surface area contributed by atoms with Gasteiger partial charge in [0.05, 0.1) is 19.8 Å². The molecule has 0 aliphatic carbocycles. The van der Waals surface area contributed by atoms with Crippen LogP contribution in [-0.4, -0.2) is 65.7 Å². The second-order valence-corrected chi connectivity index (χ2v) is 12.7. The van der Waals surface area contributed by atoms with Crippen molar-refractivity contribution in [2.24, 2.45) is 0 Å². The molecule has 0 fully saturated rings. The Labute approximate surface area is 283 Å². The third-order valence-corrected chi connectivity index (χ3v) is 7.77. The molecule has 270 valence electrons. The van der Waals surface area contributed by atoms with Crippen LogP contribution in [0.15, 0.2) is 60.8 Å². The Hall–Kier alpha value is -2.33. The van der Waals surface area contributed by atoms with Crippen molar-refractivity contribution in [1.82, 2.24) is 0 Å². The molecule has 3 N–H and O–H groups in total. The van der Waals surface area contributed by atoms with E-state index in [0.29, 0.717) is 19.3 Å². The molecule has 0 aromatic heterocycles. The number of phosphoric acid groups is 1. The molecule has 0 aliphatic heterocycles. The summed E-state index contributed by atoms with van der Waals surface area (Å²) in [5.74, 6) is -1.02. The van der Waals surface area contributed by atoms with Gasteiger partial charge >= 0.3 is 19.8 Å². The minimum absolute atomic E-state index is 0.0865. The van der Waals surface area contributed by atoms with Crippen LogP contribution in [-0.2, 0) is 32.7 Å². The largest absolute Gasteiger partial charge is 0.472 e. The molecule has 47 heavy (non-hydrogen) atoms. The first-order chi connectivity index (χ1) is 22.7. The minimum Gasteiger partial charge on any atom is -0.462 e. The number of unbranched alkanes of at least 4 members (excludes halogenated alkanes) is 11. The summed E-state index contributed by atoms with van der Waals surface area (Å²) in [5.41, 5.74) is 0. The topological polar surface area (TPSA) is 149 Å². The highest BCUT2D eigenvalue weighted by atomic mass is 31.2. The molecule has 0 rings (SSSR count). The molecule has 10 nitrogen and oxygen atoms in total. The van der Waals surface area contributed by atoms with Crippen molar-refractivity contribution in [1.29, 1.82) is 0 Å². The third kappa shape index (κ3) is 32.0. The predicted octanol–water partition coefficient (Wildman–Crippen LogP) is 7.99. The number of aliphatic hydroxyl groups excluding tert-OH is 2. The first kappa shape index (κ1) is 44.7. The summed E-state index contributed by atoms with van der Waals surface area (Å²) in [5, 5.41) is 18.2. The van der Waals surface area contributed by atoms with E-state index >= 15 is 0 Å². The lowest BCUT2D eigenvalue weighted by Crippen LogP contribution is -2.29. The Morgan fingerprint density at radius 2 is 1.17 bits per heavy atom. The Kier molecular flexibility index (Phi) is 30.6. The molecule has 2 unspecified atom stereocenters. The Morgan fingerprint density at radius 3 is 1.74 bits per heavy atom. The monoisotopic (exact) mass is 684 g/mol. The molecule has 11 heteroatoms. The smallest absolute Gasteiger partial charge is 0.462 e. The first-order valence-corrected chi connectivity index (χ1v) is 18.8. The van der Waals surface area contributed by atoms with Crippen molar-refractivity contribution < 1.29 is 47.8 Å². The van der Waals surface area contributed by atoms with Crippen LogP contribution in [0.2, 0.25) is 0 Å². The molecule has 0 saturated carbocycles. The van der Waals surface area contributed by atoms with Gasteiger partial charge in [0, 0.05) is 12.8 Å². The summed E-state index contributed by atoms with van der Waals surface area (Å²) in [4.78, 5) is 34.6. The van der Waals surface area contributed by atoms with Gasteiger partial charge in [0.2, 0.25) is 0 Å². The summed E-state index contributed by atoms with van der Waals surface area (Å²) in [6.07, 6.45) is 32.1. The van der Waals surface area contributed by atoms with E-state index in [2.05, 4.69) is 24.4 Å². The van der Waals surface area contributed by atoms with Crippen molar-refractivity contribution in [3.8, 4) is 0 Å². The molecule has 0 aromatic rings. The van der Waals surface area contributed by atoms with Crippen LogP contribution < -0.4 is 0 Å². The fraction of sp³-hybridized carbons (Fsp3) is 0.667. The Morgan fingerprint density at radius 1 is 0.660 bits per heavy atom. The van der Waals surface area contributed by atoms with Gasteiger partial charge in [-0.2, -0.15) is 0 Å². The normalized spacial score (nSPS) is 14.9. The van der Waals surface area contributed by atoms with Crippen LogP contribution in [0.1, 0.15) is 117 Å². The predicted molar refractivity (Wildman–Crippen MR) is 187 cm³/mol. The van der Waals surface area contributed by atoms with E-state index in [1.807, 2.05) is 54.7 Å². The number of allylic oxidation sites excluding steroid dienone is 10. The maximum Gasteiger partial charge on any atom is 0.472 e. The van der Waals surface area contributed by atoms with E-state index in [0.717, 1.165) is 25.7 Å². The van der Waals surface area contributed by atoms with Gasteiger partial charge in [-0.3, -0.25) is 18.6 Å². The fourth-order valence-corrected chi connectivity index (χ4v) is 4.93. The highest BCUT2D eigenvalue weighted by Gasteiger charge is 2.27. The van der Waals surface area contributed by atoms with Crippen LogP contribution >= 0.6 is 7.82 Å². The molecule has 0 saturated heterocycles. The van der Waals surface area contributed by atoms with E-state index in [-0.39, 0.29) is 19.4 Å². The van der Waals surface area contributed by atoms with Crippen LogP contribution in [0.3, 0.4) is 0 Å². The zero-order chi connectivity index (χ0) is 34.9. The van der Waals surface area contributed by atoms with E-state index in [9.17, 15) is 24.2 Å². The molecule has 0 heterocycles. The summed E-state index contributed by atoms with van der Waals surface area (Å²) in [6, 6.07) is 0. The summed E-state index contributed by atoms with van der Waals surface area (Å²) < 4.78 is 32.4. The van der Waals surface area contributed by atoms with Gasteiger partial charge in [0.15, 0.2) is 6.10 Å². The van der Waals surface area contributed by atoms with Gasteiger partial charge < -0.3 is 24.6 Å². The van der Waals surface area contributed by atoms with Gasteiger partial charge in [-0.1, -0.05) is 139 Å². The molecule has 0 bridgehead atoms. The lowest BCUT2D eigenvalue weighted by Gasteiger charge is -2.20. The van der Waals surface area contributed by atoms with Crippen molar-refractivity contribution >= 4 is 19.8 Å². The van der Waals surface area contributed by atoms with Crippen molar-refractivity contribution in [3.63, 3.8) is 0 Å².